The third-order valence-corrected chi connectivity index (χ3v) is 2.75. The topological polar surface area (TPSA) is 123 Å². The monoisotopic (exact) mass is 286 g/mol. The second kappa shape index (κ2) is 5.16. The summed E-state index contributed by atoms with van der Waals surface area (Å²) in [7, 11) is 0. The van der Waals surface area contributed by atoms with Gasteiger partial charge in [-0.1, -0.05) is 5.92 Å². The second-order valence-electron chi connectivity index (χ2n) is 4.03. The second-order valence-corrected chi connectivity index (χ2v) is 4.03. The molecule has 1 aromatic rings. The van der Waals surface area contributed by atoms with Crippen LogP contribution in [0, 0.1) is 11.8 Å². The molecule has 1 fully saturated rings. The lowest BCUT2D eigenvalue weighted by Gasteiger charge is -2.22. The van der Waals surface area contributed by atoms with Gasteiger partial charge >= 0.3 is 5.69 Å². The average molecular weight is 286 g/mol. The van der Waals surface area contributed by atoms with Crippen LogP contribution in [-0.4, -0.2) is 49.4 Å². The van der Waals surface area contributed by atoms with Crippen LogP contribution in [0.4, 0.5) is 10.2 Å². The fourth-order valence-electron chi connectivity index (χ4n) is 1.86. The number of rotatable bonds is 2. The standard InChI is InChI=1S/C11H13FN4O4/c1-2-3-11(12)8(18)6(5-17)20-9(11)16-10(19)15-7(13)4-14-16/h4,6,8-9,17-18H,5H2,1H3,(H2,13,15,19)/t6-,8+,9-,11?/m1/s1/i5D2. The lowest BCUT2D eigenvalue weighted by Crippen LogP contribution is -2.45. The van der Waals surface area contributed by atoms with Crippen LogP contribution >= 0.6 is 0 Å². The van der Waals surface area contributed by atoms with Gasteiger partial charge in [0.2, 0.25) is 11.9 Å². The third kappa shape index (κ3) is 2.14. The fraction of sp³-hybridized carbons (Fsp3) is 0.545. The molecule has 1 aliphatic rings. The maximum Gasteiger partial charge on any atom is 0.368 e. The van der Waals surface area contributed by atoms with Gasteiger partial charge in [-0.05, 0) is 6.92 Å². The number of anilines is 1. The SMILES string of the molecule is [2H]C([2H])(O)[C@H]1O[C@@H](n2ncc(N)nc2=O)C(F)(C#CC)[C@H]1O. The van der Waals surface area contributed by atoms with Crippen LogP contribution in [-0.2, 0) is 4.74 Å². The van der Waals surface area contributed by atoms with Gasteiger partial charge in [-0.3, -0.25) is 0 Å². The van der Waals surface area contributed by atoms with E-state index in [1.807, 2.05) is 5.92 Å². The molecule has 0 bridgehead atoms. The Hall–Kier alpha value is -2.02. The fourth-order valence-corrected chi connectivity index (χ4v) is 1.86. The Balaban J connectivity index is 2.57. The van der Waals surface area contributed by atoms with Gasteiger partial charge in [-0.2, -0.15) is 14.8 Å². The quantitative estimate of drug-likeness (QED) is 0.548. The van der Waals surface area contributed by atoms with Crippen molar-refractivity contribution in [1.82, 2.24) is 14.8 Å². The summed E-state index contributed by atoms with van der Waals surface area (Å²) in [6, 6.07) is 0. The molecule has 1 saturated heterocycles. The van der Waals surface area contributed by atoms with Crippen molar-refractivity contribution in [1.29, 1.82) is 0 Å². The highest BCUT2D eigenvalue weighted by Crippen LogP contribution is 2.40. The highest BCUT2D eigenvalue weighted by atomic mass is 19.1. The van der Waals surface area contributed by atoms with E-state index in [1.165, 1.54) is 6.92 Å². The number of aliphatic hydroxyl groups is 2. The number of nitrogens with zero attached hydrogens (tertiary/aromatic N) is 3. The zero-order valence-electron chi connectivity index (χ0n) is 12.3. The largest absolute Gasteiger partial charge is 0.394 e. The number of nitrogen functional groups attached to an aromatic ring is 1. The summed E-state index contributed by atoms with van der Waals surface area (Å²) in [5, 5.41) is 22.9. The summed E-state index contributed by atoms with van der Waals surface area (Å²) in [6.07, 6.45) is -5.08. The number of nitrogens with two attached hydrogens (primary N) is 1. The van der Waals surface area contributed by atoms with E-state index in [4.69, 9.17) is 13.2 Å². The van der Waals surface area contributed by atoms with E-state index in [9.17, 15) is 15.0 Å². The van der Waals surface area contributed by atoms with Gasteiger partial charge in [-0.15, -0.1) is 5.92 Å². The van der Waals surface area contributed by atoms with Crippen molar-refractivity contribution in [3.63, 3.8) is 0 Å². The van der Waals surface area contributed by atoms with Gasteiger partial charge in [-0.25, -0.2) is 9.18 Å². The van der Waals surface area contributed by atoms with Crippen LogP contribution in [0.3, 0.4) is 0 Å². The van der Waals surface area contributed by atoms with Crippen LogP contribution < -0.4 is 11.4 Å². The molecule has 9 heteroatoms. The number of alkyl halides is 1. The Morgan fingerprint density at radius 1 is 1.80 bits per heavy atom. The molecule has 2 rings (SSSR count). The predicted molar refractivity (Wildman–Crippen MR) is 65.0 cm³/mol. The number of aliphatic hydroxyl groups excluding tert-OH is 1. The van der Waals surface area contributed by atoms with Crippen molar-refractivity contribution in [2.24, 2.45) is 0 Å². The normalized spacial score (nSPS) is 34.9. The lowest BCUT2D eigenvalue weighted by atomic mass is 9.97. The van der Waals surface area contributed by atoms with Crippen LogP contribution in [0.25, 0.3) is 0 Å². The molecular formula is C11H13FN4O4. The summed E-state index contributed by atoms with van der Waals surface area (Å²) in [5.41, 5.74) is 1.33. The Morgan fingerprint density at radius 2 is 2.50 bits per heavy atom. The van der Waals surface area contributed by atoms with Crippen LogP contribution in [0.2, 0.25) is 0 Å². The molecule has 20 heavy (non-hydrogen) atoms. The van der Waals surface area contributed by atoms with E-state index in [0.717, 1.165) is 6.20 Å². The van der Waals surface area contributed by atoms with Crippen LogP contribution in [0.5, 0.6) is 0 Å². The predicted octanol–water partition coefficient (Wildman–Crippen LogP) is -1.80. The molecule has 0 aliphatic carbocycles. The van der Waals surface area contributed by atoms with Gasteiger partial charge in [0.25, 0.3) is 0 Å². The molecule has 2 heterocycles. The highest BCUT2D eigenvalue weighted by Gasteiger charge is 2.58. The molecule has 4 atom stereocenters. The summed E-state index contributed by atoms with van der Waals surface area (Å²) in [5.74, 6) is 4.05. The first-order valence-corrected chi connectivity index (χ1v) is 5.51. The van der Waals surface area contributed by atoms with Crippen LogP contribution in [0.1, 0.15) is 15.9 Å². The number of hydrogen-bond acceptors (Lipinski definition) is 7. The maximum absolute atomic E-state index is 15.0. The molecule has 108 valence electrons. The highest BCUT2D eigenvalue weighted by molar-refractivity contribution is 5.23. The minimum absolute atomic E-state index is 0.208. The lowest BCUT2D eigenvalue weighted by molar-refractivity contribution is -0.0610. The summed E-state index contributed by atoms with van der Waals surface area (Å²) < 4.78 is 34.8. The van der Waals surface area contributed by atoms with Gasteiger partial charge in [0.15, 0.2) is 0 Å². The molecule has 0 aromatic carbocycles. The molecule has 1 aromatic heterocycles. The van der Waals surface area contributed by atoms with E-state index in [-0.39, 0.29) is 5.82 Å². The van der Waals surface area contributed by atoms with Gasteiger partial charge in [0, 0.05) is 0 Å². The molecule has 1 aliphatic heterocycles. The first kappa shape index (κ1) is 11.8. The molecule has 8 nitrogen and oxygen atoms in total. The molecule has 1 unspecified atom stereocenters. The van der Waals surface area contributed by atoms with Crippen molar-refractivity contribution < 1.29 is 22.1 Å². The van der Waals surface area contributed by atoms with Crippen LogP contribution in [0.15, 0.2) is 11.0 Å². The minimum Gasteiger partial charge on any atom is -0.394 e. The Labute approximate surface area is 115 Å². The van der Waals surface area contributed by atoms with E-state index in [1.54, 1.807) is 0 Å². The van der Waals surface area contributed by atoms with E-state index < -0.39 is 36.4 Å². The van der Waals surface area contributed by atoms with Gasteiger partial charge in [0.1, 0.15) is 18.0 Å². The number of ether oxygens (including phenoxy) is 1. The number of halogens is 1. The first-order chi connectivity index (χ1) is 10.1. The Kier molecular flexibility index (Phi) is 3.04. The van der Waals surface area contributed by atoms with Crippen molar-refractivity contribution in [3.05, 3.63) is 16.7 Å². The first-order valence-electron chi connectivity index (χ1n) is 6.51. The summed E-state index contributed by atoms with van der Waals surface area (Å²) >= 11 is 0. The van der Waals surface area contributed by atoms with Crippen molar-refractivity contribution in [2.75, 3.05) is 12.3 Å². The number of hydrogen-bond donors (Lipinski definition) is 3. The molecule has 0 radical (unpaired) electrons. The van der Waals surface area contributed by atoms with E-state index in [0.29, 0.717) is 4.68 Å². The molecule has 4 N–H and O–H groups in total. The summed E-state index contributed by atoms with van der Waals surface area (Å²) in [4.78, 5) is 15.1. The smallest absolute Gasteiger partial charge is 0.368 e. The Morgan fingerprint density at radius 3 is 3.05 bits per heavy atom. The molecular weight excluding hydrogens is 271 g/mol. The summed E-state index contributed by atoms with van der Waals surface area (Å²) in [6.45, 7) is -1.78. The van der Waals surface area contributed by atoms with E-state index >= 15 is 4.39 Å². The molecule has 0 saturated carbocycles. The maximum atomic E-state index is 15.0. The Bertz CT molecular complexity index is 698. The zero-order chi connectivity index (χ0) is 16.7. The molecule has 0 amide bonds. The van der Waals surface area contributed by atoms with E-state index in [2.05, 4.69) is 16.0 Å². The van der Waals surface area contributed by atoms with Crippen molar-refractivity contribution >= 4 is 5.82 Å². The minimum atomic E-state index is -3.06. The average Bonchev–Trinajstić information content (AvgIpc) is 2.63. The van der Waals surface area contributed by atoms with Gasteiger partial charge < -0.3 is 20.7 Å². The zero-order valence-corrected chi connectivity index (χ0v) is 10.3. The van der Waals surface area contributed by atoms with Gasteiger partial charge in [0.05, 0.1) is 15.5 Å². The van der Waals surface area contributed by atoms with Crippen molar-refractivity contribution in [2.45, 2.75) is 31.0 Å². The number of aromatic nitrogens is 3. The third-order valence-electron chi connectivity index (χ3n) is 2.75. The molecule has 0 spiro atoms. The van der Waals surface area contributed by atoms with Crippen molar-refractivity contribution in [3.8, 4) is 11.8 Å².